The van der Waals surface area contributed by atoms with Crippen LogP contribution in [0.2, 0.25) is 0 Å². The van der Waals surface area contributed by atoms with Gasteiger partial charge >= 0.3 is 0 Å². The number of anilines is 3. The molecule has 6 heterocycles. The summed E-state index contributed by atoms with van der Waals surface area (Å²) in [6.07, 6.45) is 5.77. The molecule has 1 unspecified atom stereocenters. The van der Waals surface area contributed by atoms with Crippen molar-refractivity contribution in [3.63, 3.8) is 0 Å². The lowest BCUT2D eigenvalue weighted by atomic mass is 9.84. The number of hydrogen-bond donors (Lipinski definition) is 3. The number of piperidine rings is 2. The van der Waals surface area contributed by atoms with Gasteiger partial charge in [0.1, 0.15) is 11.6 Å². The number of aromatic amines is 1. The van der Waals surface area contributed by atoms with Crippen LogP contribution in [0.5, 0.6) is 0 Å². The van der Waals surface area contributed by atoms with Gasteiger partial charge in [0.2, 0.25) is 10.0 Å². The summed E-state index contributed by atoms with van der Waals surface area (Å²) in [6.45, 7) is 6.05. The van der Waals surface area contributed by atoms with Crippen molar-refractivity contribution in [3.8, 4) is 0 Å². The number of sulfonamides is 1. The van der Waals surface area contributed by atoms with E-state index >= 15 is 0 Å². The first-order valence-corrected chi connectivity index (χ1v) is 15.3. The summed E-state index contributed by atoms with van der Waals surface area (Å²) in [5, 5.41) is 15.2. The fraction of sp³-hybridized carbons (Fsp3) is 0.577. The highest BCUT2D eigenvalue weighted by Gasteiger charge is 2.43. The first-order valence-electron chi connectivity index (χ1n) is 13.5. The molecule has 3 aromatic rings. The molecule has 0 saturated carbocycles. The van der Waals surface area contributed by atoms with Crippen molar-refractivity contribution in [1.82, 2.24) is 29.4 Å². The minimum Gasteiger partial charge on any atom is -0.379 e. The van der Waals surface area contributed by atoms with Gasteiger partial charge in [0.25, 0.3) is 0 Å². The second-order valence-corrected chi connectivity index (χ2v) is 12.7. The second kappa shape index (κ2) is 10.4. The molecule has 3 atom stereocenters. The monoisotopic (exact) mass is 540 g/mol. The van der Waals surface area contributed by atoms with Gasteiger partial charge in [-0.3, -0.25) is 15.0 Å². The molecular weight excluding hydrogens is 504 g/mol. The molecule has 2 bridgehead atoms. The number of hydrogen-bond acceptors (Lipinski definition) is 9. The summed E-state index contributed by atoms with van der Waals surface area (Å²) in [4.78, 5) is 12.3. The van der Waals surface area contributed by atoms with E-state index in [-0.39, 0.29) is 18.1 Å². The van der Waals surface area contributed by atoms with Crippen molar-refractivity contribution < 1.29 is 13.2 Å². The molecule has 0 amide bonds. The van der Waals surface area contributed by atoms with Gasteiger partial charge in [-0.25, -0.2) is 13.4 Å². The van der Waals surface area contributed by atoms with Crippen LogP contribution in [0.4, 0.5) is 17.5 Å². The number of aryl methyl sites for hydroxylation is 1. The Morgan fingerprint density at radius 3 is 2.53 bits per heavy atom. The average molecular weight is 541 g/mol. The average Bonchev–Trinajstić information content (AvgIpc) is 3.27. The highest BCUT2D eigenvalue weighted by atomic mass is 32.2. The fourth-order valence-corrected chi connectivity index (χ4v) is 7.69. The molecule has 0 radical (unpaired) electrons. The molecule has 3 aliphatic rings. The fourth-order valence-electron chi connectivity index (χ4n) is 6.22. The molecule has 204 valence electrons. The standard InChI is InChI=1S/C26H36N8O3S/c1-17-12-25(32-31-17)29-24-15-23-22(7-6-18(27-23)16-33-8-10-37-11-9-33)26(30-24)28-19-13-20-4-3-5-21(14-19)34(20)38(2,35)36/h6-7,12,15,19-21H,3-5,8-11,13-14,16H2,1-2H3,(H3,28,29,30,31,32)/t19?,20-,21+. The van der Waals surface area contributed by atoms with Crippen LogP contribution in [0.25, 0.3) is 10.9 Å². The third kappa shape index (κ3) is 5.49. The summed E-state index contributed by atoms with van der Waals surface area (Å²) in [5.41, 5.74) is 2.83. The Morgan fingerprint density at radius 1 is 1.08 bits per heavy atom. The number of aromatic nitrogens is 4. The van der Waals surface area contributed by atoms with Crippen LogP contribution in [0.15, 0.2) is 24.3 Å². The third-order valence-electron chi connectivity index (χ3n) is 7.83. The van der Waals surface area contributed by atoms with E-state index in [1.54, 1.807) is 4.31 Å². The lowest BCUT2D eigenvalue weighted by molar-refractivity contribution is 0.0337. The minimum absolute atomic E-state index is 0.0350. The lowest BCUT2D eigenvalue weighted by Gasteiger charge is -2.47. The topological polar surface area (TPSA) is 128 Å². The zero-order valence-electron chi connectivity index (χ0n) is 22.0. The summed E-state index contributed by atoms with van der Waals surface area (Å²) in [7, 11) is -3.22. The van der Waals surface area contributed by atoms with Crippen molar-refractivity contribution in [2.24, 2.45) is 0 Å². The van der Waals surface area contributed by atoms with E-state index in [4.69, 9.17) is 14.7 Å². The number of nitrogens with zero attached hydrogens (tertiary/aromatic N) is 5. The lowest BCUT2D eigenvalue weighted by Crippen LogP contribution is -2.56. The molecule has 38 heavy (non-hydrogen) atoms. The largest absolute Gasteiger partial charge is 0.379 e. The molecule has 3 N–H and O–H groups in total. The zero-order valence-corrected chi connectivity index (χ0v) is 22.8. The second-order valence-electron chi connectivity index (χ2n) is 10.8. The van der Waals surface area contributed by atoms with Crippen LogP contribution in [-0.4, -0.2) is 88.5 Å². The minimum atomic E-state index is -3.22. The number of H-pyrrole nitrogens is 1. The molecule has 11 nitrogen and oxygen atoms in total. The first-order chi connectivity index (χ1) is 18.3. The molecular formula is C26H36N8O3S. The normalized spacial score (nSPS) is 24.9. The Bertz CT molecular complexity index is 1390. The molecule has 3 aromatic heterocycles. The number of ether oxygens (including phenoxy) is 1. The van der Waals surface area contributed by atoms with E-state index in [9.17, 15) is 8.42 Å². The molecule has 3 aliphatic heterocycles. The molecule has 0 spiro atoms. The van der Waals surface area contributed by atoms with Crippen LogP contribution in [0, 0.1) is 6.92 Å². The number of pyridine rings is 2. The van der Waals surface area contributed by atoms with Crippen molar-refractivity contribution in [3.05, 3.63) is 35.7 Å². The molecule has 0 aromatic carbocycles. The van der Waals surface area contributed by atoms with Gasteiger partial charge in [0, 0.05) is 61.0 Å². The SMILES string of the molecule is Cc1cc(Nc2cc3nc(CN4CCOCC4)ccc3c(NC3C[C@H]4CCC[C@@H](C3)N4S(C)(=O)=O)n2)n[nH]1. The van der Waals surface area contributed by atoms with Crippen LogP contribution < -0.4 is 10.6 Å². The summed E-state index contributed by atoms with van der Waals surface area (Å²) < 4.78 is 32.2. The van der Waals surface area contributed by atoms with Gasteiger partial charge in [-0.15, -0.1) is 0 Å². The van der Waals surface area contributed by atoms with Crippen LogP contribution in [-0.2, 0) is 21.3 Å². The van der Waals surface area contributed by atoms with E-state index < -0.39 is 10.0 Å². The Morgan fingerprint density at radius 2 is 1.84 bits per heavy atom. The maximum Gasteiger partial charge on any atom is 0.211 e. The highest BCUT2D eigenvalue weighted by Crippen LogP contribution is 2.37. The molecule has 6 rings (SSSR count). The van der Waals surface area contributed by atoms with Gasteiger partial charge in [-0.1, -0.05) is 6.42 Å². The highest BCUT2D eigenvalue weighted by molar-refractivity contribution is 7.88. The van der Waals surface area contributed by atoms with Crippen molar-refractivity contribution >= 4 is 38.4 Å². The van der Waals surface area contributed by atoms with E-state index in [2.05, 4.69) is 37.9 Å². The number of nitrogens with one attached hydrogen (secondary N) is 3. The maximum absolute atomic E-state index is 12.5. The van der Waals surface area contributed by atoms with Crippen LogP contribution >= 0.6 is 0 Å². The Balaban J connectivity index is 1.30. The number of fused-ring (bicyclic) bond motifs is 3. The van der Waals surface area contributed by atoms with Crippen LogP contribution in [0.3, 0.4) is 0 Å². The summed E-state index contributed by atoms with van der Waals surface area (Å²) in [5.74, 6) is 2.12. The third-order valence-corrected chi connectivity index (χ3v) is 9.19. The van der Waals surface area contributed by atoms with E-state index in [0.717, 1.165) is 93.1 Å². The summed E-state index contributed by atoms with van der Waals surface area (Å²) in [6, 6.07) is 8.28. The van der Waals surface area contributed by atoms with Gasteiger partial charge in [-0.05, 0) is 44.7 Å². The van der Waals surface area contributed by atoms with Crippen molar-refractivity contribution in [2.75, 3.05) is 43.2 Å². The van der Waals surface area contributed by atoms with Gasteiger partial charge in [-0.2, -0.15) is 9.40 Å². The predicted molar refractivity (Wildman–Crippen MR) is 147 cm³/mol. The van der Waals surface area contributed by atoms with Gasteiger partial charge in [0.05, 0.1) is 30.7 Å². The van der Waals surface area contributed by atoms with E-state index in [1.165, 1.54) is 6.26 Å². The number of rotatable bonds is 7. The molecule has 3 saturated heterocycles. The molecule has 12 heteroatoms. The van der Waals surface area contributed by atoms with Crippen molar-refractivity contribution in [2.45, 2.75) is 63.7 Å². The van der Waals surface area contributed by atoms with Crippen LogP contribution in [0.1, 0.15) is 43.5 Å². The van der Waals surface area contributed by atoms with E-state index in [0.29, 0.717) is 11.6 Å². The Kier molecular flexibility index (Phi) is 6.97. The first kappa shape index (κ1) is 25.5. The van der Waals surface area contributed by atoms with Crippen molar-refractivity contribution in [1.29, 1.82) is 0 Å². The maximum atomic E-state index is 12.5. The summed E-state index contributed by atoms with van der Waals surface area (Å²) >= 11 is 0. The quantitative estimate of drug-likeness (QED) is 0.414. The Hall–Kier alpha value is -2.80. The molecule has 3 fully saturated rings. The van der Waals surface area contributed by atoms with Gasteiger partial charge < -0.3 is 15.4 Å². The van der Waals surface area contributed by atoms with E-state index in [1.807, 2.05) is 19.1 Å². The smallest absolute Gasteiger partial charge is 0.211 e. The van der Waals surface area contributed by atoms with Gasteiger partial charge in [0.15, 0.2) is 5.82 Å². The predicted octanol–water partition coefficient (Wildman–Crippen LogP) is 2.99. The zero-order chi connectivity index (χ0) is 26.3. The number of morpholine rings is 1. The Labute approximate surface area is 223 Å². The molecule has 0 aliphatic carbocycles.